The maximum Gasteiger partial charge on any atom is 0.326 e. The zero-order chi connectivity index (χ0) is 44.9. The summed E-state index contributed by atoms with van der Waals surface area (Å²) in [6, 6.07) is 1.47. The number of phenolic OH excluding ortho intramolecular Hbond substituents is 1. The molecule has 1 saturated heterocycles. The number of carbonyl (C=O) groups is 6. The Hall–Kier alpha value is -5.66. The summed E-state index contributed by atoms with van der Waals surface area (Å²) >= 11 is 0. The molecular formula is C40H68N12O8. The van der Waals surface area contributed by atoms with Crippen LogP contribution in [0.5, 0.6) is 5.75 Å². The van der Waals surface area contributed by atoms with Gasteiger partial charge in [0.1, 0.15) is 29.9 Å². The number of nitrogens with one attached hydrogen (secondary N) is 4. The zero-order valence-corrected chi connectivity index (χ0v) is 35.7. The highest BCUT2D eigenvalue weighted by Gasteiger charge is 2.40. The lowest BCUT2D eigenvalue weighted by atomic mass is 9.97. The van der Waals surface area contributed by atoms with Gasteiger partial charge in [-0.05, 0) is 87.9 Å². The number of nitrogens with zero attached hydrogens (tertiary/aromatic N) is 4. The van der Waals surface area contributed by atoms with Gasteiger partial charge in [-0.2, -0.15) is 0 Å². The zero-order valence-electron chi connectivity index (χ0n) is 35.7. The van der Waals surface area contributed by atoms with E-state index in [-0.39, 0.29) is 62.0 Å². The number of hydrogen-bond acceptors (Lipinski definition) is 10. The molecule has 1 aromatic rings. The van der Waals surface area contributed by atoms with E-state index in [1.165, 1.54) is 21.9 Å². The fourth-order valence-corrected chi connectivity index (χ4v) is 6.88. The number of carboxylic acid groups (broad SMARTS) is 1. The maximum atomic E-state index is 14.5. The topological polar surface area (TPSA) is 326 Å². The summed E-state index contributed by atoms with van der Waals surface area (Å²) in [5.74, 6) is -4.43. The van der Waals surface area contributed by atoms with Crippen LogP contribution in [-0.2, 0) is 35.2 Å². The van der Waals surface area contributed by atoms with Crippen molar-refractivity contribution in [3.63, 3.8) is 0 Å². The van der Waals surface area contributed by atoms with Crippen LogP contribution in [-0.4, -0.2) is 137 Å². The van der Waals surface area contributed by atoms with Crippen molar-refractivity contribution in [3.05, 3.63) is 29.8 Å². The molecule has 60 heavy (non-hydrogen) atoms. The molecule has 0 saturated carbocycles. The van der Waals surface area contributed by atoms with Crippen LogP contribution in [0.15, 0.2) is 34.3 Å². The fourth-order valence-electron chi connectivity index (χ4n) is 6.88. The fraction of sp³-hybridized carbons (Fsp3) is 0.650. The molecule has 1 aliphatic rings. The predicted octanol–water partition coefficient (Wildman–Crippen LogP) is -0.919. The van der Waals surface area contributed by atoms with E-state index in [2.05, 4.69) is 31.3 Å². The number of amides is 5. The summed E-state index contributed by atoms with van der Waals surface area (Å²) in [5.41, 5.74) is 22.6. The van der Waals surface area contributed by atoms with E-state index >= 15 is 0 Å². The number of carbonyl (C=O) groups excluding carboxylic acids is 5. The molecule has 0 aliphatic carbocycles. The van der Waals surface area contributed by atoms with Crippen molar-refractivity contribution in [3.8, 4) is 5.75 Å². The van der Waals surface area contributed by atoms with Crippen LogP contribution in [0.4, 0.5) is 0 Å². The van der Waals surface area contributed by atoms with Gasteiger partial charge in [-0.1, -0.05) is 46.2 Å². The first-order chi connectivity index (χ1) is 28.4. The normalized spacial score (nSPS) is 16.1. The van der Waals surface area contributed by atoms with Crippen molar-refractivity contribution in [1.29, 1.82) is 0 Å². The second-order valence-electron chi connectivity index (χ2n) is 15.6. The number of rotatable bonds is 26. The Balaban J connectivity index is 2.39. The SMILES string of the molecule is CC[C@H](C)[C@H](NC(=O)CN(CCc1ccc(O)cc1)C(=O)[C@@H]1CCCN1C(=O)[C@H](CCCN=C(N)N)NC(=O)[C@H](CCCN=C(N)N)NC)C(=O)N[C@@H](CC(C)C)C(=O)O. The standard InChI is InChI=1S/C40H68N12O8/c1-6-25(4)33(35(56)49-30(38(59)60)22-24(2)3)50-32(54)23-51(21-17-26-13-15-27(53)16-14-26)37(58)31-12-9-20-52(31)36(57)29(11-8-19-47-40(43)44)48-34(55)28(45-5)10-7-18-46-39(41)42/h13-16,24-25,28-31,33,45,53H,6-12,17-23H2,1-5H3,(H,48,55)(H,49,56)(H,50,54)(H,59,60)(H4,41,42,46)(H4,43,44,47)/t25-,28-,29-,30-,31-,33-/m0/s1. The molecule has 20 heteroatoms. The highest BCUT2D eigenvalue weighted by atomic mass is 16.4. The smallest absolute Gasteiger partial charge is 0.326 e. The highest BCUT2D eigenvalue weighted by molar-refractivity contribution is 5.95. The molecular weight excluding hydrogens is 777 g/mol. The number of nitrogens with two attached hydrogens (primary N) is 4. The average Bonchev–Trinajstić information content (AvgIpc) is 3.69. The Kier molecular flexibility index (Phi) is 21.7. The summed E-state index contributed by atoms with van der Waals surface area (Å²) in [6.07, 6.45) is 3.10. The Bertz CT molecular complexity index is 1630. The highest BCUT2D eigenvalue weighted by Crippen LogP contribution is 2.23. The number of aliphatic carboxylic acids is 1. The molecule has 5 amide bonds. The lowest BCUT2D eigenvalue weighted by Crippen LogP contribution is -2.58. The number of guanidine groups is 2. The summed E-state index contributed by atoms with van der Waals surface area (Å²) < 4.78 is 0. The number of phenols is 1. The number of carboxylic acids is 1. The van der Waals surface area contributed by atoms with Gasteiger partial charge in [0.15, 0.2) is 11.9 Å². The molecule has 20 nitrogen and oxygen atoms in total. The molecule has 14 N–H and O–H groups in total. The van der Waals surface area contributed by atoms with Gasteiger partial charge in [-0.15, -0.1) is 0 Å². The Morgan fingerprint density at radius 3 is 1.98 bits per heavy atom. The minimum atomic E-state index is -1.19. The number of aromatic hydroxyl groups is 1. The number of benzene rings is 1. The second kappa shape index (κ2) is 25.7. The van der Waals surface area contributed by atoms with Crippen molar-refractivity contribution in [1.82, 2.24) is 31.1 Å². The third-order valence-electron chi connectivity index (χ3n) is 10.4. The van der Waals surface area contributed by atoms with E-state index in [4.69, 9.17) is 22.9 Å². The lowest BCUT2D eigenvalue weighted by molar-refractivity contribution is -0.147. The maximum absolute atomic E-state index is 14.5. The van der Waals surface area contributed by atoms with Crippen LogP contribution in [0.25, 0.3) is 0 Å². The van der Waals surface area contributed by atoms with Crippen molar-refractivity contribution in [2.24, 2.45) is 44.8 Å². The second-order valence-corrected chi connectivity index (χ2v) is 15.6. The molecule has 1 aromatic carbocycles. The molecule has 0 bridgehead atoms. The first kappa shape index (κ1) is 50.5. The monoisotopic (exact) mass is 845 g/mol. The van der Waals surface area contributed by atoms with Gasteiger partial charge in [0.05, 0.1) is 12.6 Å². The van der Waals surface area contributed by atoms with Crippen LogP contribution < -0.4 is 44.2 Å². The summed E-state index contributed by atoms with van der Waals surface area (Å²) in [4.78, 5) is 92.3. The van der Waals surface area contributed by atoms with Crippen LogP contribution in [0.3, 0.4) is 0 Å². The molecule has 2 rings (SSSR count). The Morgan fingerprint density at radius 1 is 0.867 bits per heavy atom. The summed E-state index contributed by atoms with van der Waals surface area (Å²) in [5, 5.41) is 30.7. The lowest BCUT2D eigenvalue weighted by Gasteiger charge is -2.33. The molecule has 1 aliphatic heterocycles. The van der Waals surface area contributed by atoms with Gasteiger partial charge >= 0.3 is 5.97 Å². The number of aliphatic imine (C=N–C) groups is 2. The minimum Gasteiger partial charge on any atom is -0.508 e. The third-order valence-corrected chi connectivity index (χ3v) is 10.4. The van der Waals surface area contributed by atoms with E-state index in [0.29, 0.717) is 51.5 Å². The van der Waals surface area contributed by atoms with Gasteiger partial charge in [0.25, 0.3) is 0 Å². The van der Waals surface area contributed by atoms with Crippen molar-refractivity contribution in [2.45, 2.75) is 116 Å². The van der Waals surface area contributed by atoms with Crippen LogP contribution in [0.2, 0.25) is 0 Å². The quantitative estimate of drug-likeness (QED) is 0.0307. The van der Waals surface area contributed by atoms with Gasteiger partial charge in [-0.25, -0.2) is 4.79 Å². The van der Waals surface area contributed by atoms with E-state index in [1.54, 1.807) is 26.1 Å². The number of likely N-dealkylation sites (N-methyl/N-ethyl adjacent to an activating group) is 1. The Morgan fingerprint density at radius 2 is 1.45 bits per heavy atom. The van der Waals surface area contributed by atoms with Gasteiger partial charge < -0.3 is 64.2 Å². The van der Waals surface area contributed by atoms with Gasteiger partial charge in [0, 0.05) is 26.2 Å². The van der Waals surface area contributed by atoms with Crippen molar-refractivity contribution < 1.29 is 39.0 Å². The first-order valence-corrected chi connectivity index (χ1v) is 20.7. The number of likely N-dealkylation sites (tertiary alicyclic amines) is 1. The summed E-state index contributed by atoms with van der Waals surface area (Å²) in [7, 11) is 1.62. The molecule has 0 unspecified atom stereocenters. The van der Waals surface area contributed by atoms with E-state index in [9.17, 15) is 39.0 Å². The van der Waals surface area contributed by atoms with Gasteiger partial charge in [-0.3, -0.25) is 34.0 Å². The van der Waals surface area contributed by atoms with Crippen LogP contribution in [0, 0.1) is 11.8 Å². The molecule has 0 aromatic heterocycles. The van der Waals surface area contributed by atoms with E-state index in [1.807, 2.05) is 20.8 Å². The number of hydrogen-bond donors (Lipinski definition) is 10. The van der Waals surface area contributed by atoms with E-state index < -0.39 is 72.3 Å². The first-order valence-electron chi connectivity index (χ1n) is 20.7. The average molecular weight is 845 g/mol. The molecule has 336 valence electrons. The minimum absolute atomic E-state index is 0.0207. The Labute approximate surface area is 352 Å². The summed E-state index contributed by atoms with van der Waals surface area (Å²) in [6.45, 7) is 7.58. The molecule has 0 spiro atoms. The third kappa shape index (κ3) is 17.3. The van der Waals surface area contributed by atoms with Gasteiger partial charge in [0.2, 0.25) is 29.5 Å². The largest absolute Gasteiger partial charge is 0.508 e. The molecule has 1 fully saturated rings. The van der Waals surface area contributed by atoms with Crippen molar-refractivity contribution in [2.75, 3.05) is 39.8 Å². The predicted molar refractivity (Wildman–Crippen MR) is 228 cm³/mol. The van der Waals surface area contributed by atoms with Crippen molar-refractivity contribution >= 4 is 47.4 Å². The van der Waals surface area contributed by atoms with E-state index in [0.717, 1.165) is 5.56 Å². The molecule has 6 atom stereocenters. The van der Waals surface area contributed by atoms with Crippen LogP contribution >= 0.6 is 0 Å². The molecule has 1 heterocycles. The molecule has 0 radical (unpaired) electrons. The van der Waals surface area contributed by atoms with Crippen LogP contribution in [0.1, 0.15) is 84.6 Å².